The van der Waals surface area contributed by atoms with E-state index in [2.05, 4.69) is 21.8 Å². The fraction of sp³-hybridized carbons (Fsp3) is 0.200. The van der Waals surface area contributed by atoms with E-state index in [1.807, 2.05) is 28.8 Å². The summed E-state index contributed by atoms with van der Waals surface area (Å²) in [5, 5.41) is 20.2. The second kappa shape index (κ2) is 6.15. The Labute approximate surface area is 130 Å². The van der Waals surface area contributed by atoms with Gasteiger partial charge in [-0.15, -0.1) is 16.8 Å². The van der Waals surface area contributed by atoms with E-state index in [9.17, 15) is 9.90 Å². The van der Waals surface area contributed by atoms with Gasteiger partial charge in [0.2, 0.25) is 5.16 Å². The molecule has 0 aliphatic rings. The van der Waals surface area contributed by atoms with E-state index in [0.717, 1.165) is 22.1 Å². The number of aromatic nitrogens is 4. The molecule has 7 heteroatoms. The lowest BCUT2D eigenvalue weighted by molar-refractivity contribution is -0.305. The summed E-state index contributed by atoms with van der Waals surface area (Å²) >= 11 is 1.26. The summed E-state index contributed by atoms with van der Waals surface area (Å²) in [5.74, 6) is -0.723. The van der Waals surface area contributed by atoms with Crippen molar-refractivity contribution in [2.45, 2.75) is 18.1 Å². The van der Waals surface area contributed by atoms with Gasteiger partial charge in [-0.05, 0) is 12.5 Å². The smallest absolute Gasteiger partial charge is 0.211 e. The molecule has 0 unspecified atom stereocenters. The van der Waals surface area contributed by atoms with Crippen LogP contribution in [0, 0.1) is 0 Å². The number of carboxylic acid groups (broad SMARTS) is 1. The molecule has 3 rings (SSSR count). The highest BCUT2D eigenvalue weighted by molar-refractivity contribution is 7.99. The van der Waals surface area contributed by atoms with E-state index in [1.165, 1.54) is 11.8 Å². The summed E-state index contributed by atoms with van der Waals surface area (Å²) in [6, 6.07) is 7.90. The first-order valence-electron chi connectivity index (χ1n) is 6.76. The number of nitrogens with zero attached hydrogens (tertiary/aromatic N) is 4. The van der Waals surface area contributed by atoms with Gasteiger partial charge in [0.15, 0.2) is 5.65 Å². The van der Waals surface area contributed by atoms with Crippen LogP contribution in [0.1, 0.15) is 6.42 Å². The molecule has 0 N–H and O–H groups in total. The van der Waals surface area contributed by atoms with Gasteiger partial charge in [-0.25, -0.2) is 4.98 Å². The highest BCUT2D eigenvalue weighted by atomic mass is 32.2. The summed E-state index contributed by atoms with van der Waals surface area (Å²) in [7, 11) is 0. The first kappa shape index (κ1) is 14.5. The van der Waals surface area contributed by atoms with Crippen molar-refractivity contribution < 1.29 is 9.90 Å². The molecule has 0 saturated heterocycles. The summed E-state index contributed by atoms with van der Waals surface area (Å²) in [4.78, 5) is 15.0. The Morgan fingerprint density at radius 2 is 2.18 bits per heavy atom. The molecule has 0 radical (unpaired) electrons. The zero-order valence-corrected chi connectivity index (χ0v) is 12.5. The third-order valence-corrected chi connectivity index (χ3v) is 4.04. The van der Waals surface area contributed by atoms with Gasteiger partial charge < -0.3 is 14.5 Å². The van der Waals surface area contributed by atoms with E-state index in [0.29, 0.717) is 17.5 Å². The maximum Gasteiger partial charge on any atom is 0.211 e. The quantitative estimate of drug-likeness (QED) is 0.505. The molecule has 22 heavy (non-hydrogen) atoms. The van der Waals surface area contributed by atoms with Gasteiger partial charge in [-0.2, -0.15) is 0 Å². The molecular weight excluding hydrogens is 300 g/mol. The predicted molar refractivity (Wildman–Crippen MR) is 83.4 cm³/mol. The number of thioether (sulfide) groups is 1. The Bertz CT molecular complexity index is 859. The molecule has 0 saturated carbocycles. The van der Waals surface area contributed by atoms with Crippen molar-refractivity contribution in [2.24, 2.45) is 0 Å². The van der Waals surface area contributed by atoms with Crippen LogP contribution in [0.25, 0.3) is 22.1 Å². The molecule has 112 valence electrons. The van der Waals surface area contributed by atoms with E-state index in [-0.39, 0.29) is 6.42 Å². The van der Waals surface area contributed by atoms with Crippen LogP contribution >= 0.6 is 11.8 Å². The van der Waals surface area contributed by atoms with Gasteiger partial charge in [0.1, 0.15) is 5.52 Å². The molecule has 0 aliphatic carbocycles. The molecule has 0 bridgehead atoms. The standard InChI is InChI=1S/C15H14N4O2S/c1-2-8-19-11-6-4-3-5-10(11)13-14(19)16-15(18-17-13)22-9-7-12(20)21/h2-6H,1,7-9H2,(H,20,21)/p-1. The number of para-hydroxylation sites is 1. The molecular formula is C15H13N4O2S-. The lowest BCUT2D eigenvalue weighted by Gasteiger charge is -2.03. The summed E-state index contributed by atoms with van der Waals surface area (Å²) in [6.07, 6.45) is 1.76. The van der Waals surface area contributed by atoms with Gasteiger partial charge in [-0.1, -0.05) is 36.0 Å². The third-order valence-electron chi connectivity index (χ3n) is 3.20. The van der Waals surface area contributed by atoms with Crippen molar-refractivity contribution in [3.05, 3.63) is 36.9 Å². The van der Waals surface area contributed by atoms with E-state index >= 15 is 0 Å². The summed E-state index contributed by atoms with van der Waals surface area (Å²) in [5.41, 5.74) is 2.49. The molecule has 0 spiro atoms. The Morgan fingerprint density at radius 1 is 1.36 bits per heavy atom. The number of carboxylic acids is 1. The van der Waals surface area contributed by atoms with Crippen molar-refractivity contribution in [3.8, 4) is 0 Å². The minimum atomic E-state index is -1.08. The first-order chi connectivity index (χ1) is 10.7. The molecule has 2 aromatic heterocycles. The third kappa shape index (κ3) is 2.67. The van der Waals surface area contributed by atoms with Crippen molar-refractivity contribution in [1.82, 2.24) is 19.7 Å². The lowest BCUT2D eigenvalue weighted by atomic mass is 10.2. The van der Waals surface area contributed by atoms with Gasteiger partial charge in [0.25, 0.3) is 0 Å². The zero-order valence-electron chi connectivity index (χ0n) is 11.7. The molecule has 0 aliphatic heterocycles. The van der Waals surface area contributed by atoms with Crippen LogP contribution in [-0.2, 0) is 11.3 Å². The van der Waals surface area contributed by atoms with Crippen molar-refractivity contribution in [1.29, 1.82) is 0 Å². The number of rotatable bonds is 6. The van der Waals surface area contributed by atoms with Crippen LogP contribution in [0.2, 0.25) is 0 Å². The number of carbonyl (C=O) groups is 1. The number of hydrogen-bond acceptors (Lipinski definition) is 6. The minimum absolute atomic E-state index is 0.0400. The number of benzene rings is 1. The molecule has 0 atom stereocenters. The summed E-state index contributed by atoms with van der Waals surface area (Å²) in [6.45, 7) is 4.40. The Hall–Kier alpha value is -2.41. The highest BCUT2D eigenvalue weighted by Gasteiger charge is 2.13. The van der Waals surface area contributed by atoms with Crippen LogP contribution in [0.15, 0.2) is 42.1 Å². The predicted octanol–water partition coefficient (Wildman–Crippen LogP) is 1.40. The highest BCUT2D eigenvalue weighted by Crippen LogP contribution is 2.27. The maximum absolute atomic E-state index is 10.5. The fourth-order valence-corrected chi connectivity index (χ4v) is 2.99. The van der Waals surface area contributed by atoms with E-state index < -0.39 is 5.97 Å². The average molecular weight is 313 g/mol. The van der Waals surface area contributed by atoms with Crippen LogP contribution < -0.4 is 5.11 Å². The second-order valence-electron chi connectivity index (χ2n) is 4.65. The molecule has 3 aromatic rings. The number of allylic oxidation sites excluding steroid dienone is 1. The Morgan fingerprint density at radius 3 is 2.95 bits per heavy atom. The molecule has 1 aromatic carbocycles. The topological polar surface area (TPSA) is 83.7 Å². The van der Waals surface area contributed by atoms with Gasteiger partial charge >= 0.3 is 0 Å². The largest absolute Gasteiger partial charge is 0.550 e. The molecule has 6 nitrogen and oxygen atoms in total. The SMILES string of the molecule is C=CCn1c2ccccc2c2nnc(SCCC(=O)[O-])nc21. The van der Waals surface area contributed by atoms with Crippen molar-refractivity contribution in [2.75, 3.05) is 5.75 Å². The van der Waals surface area contributed by atoms with Crippen LogP contribution in [0.5, 0.6) is 0 Å². The van der Waals surface area contributed by atoms with Crippen LogP contribution in [0.4, 0.5) is 0 Å². The zero-order chi connectivity index (χ0) is 15.5. The monoisotopic (exact) mass is 313 g/mol. The van der Waals surface area contributed by atoms with Crippen LogP contribution in [-0.4, -0.2) is 31.5 Å². The first-order valence-corrected chi connectivity index (χ1v) is 7.74. The van der Waals surface area contributed by atoms with E-state index in [1.54, 1.807) is 6.08 Å². The Kier molecular flexibility index (Phi) is 4.06. The van der Waals surface area contributed by atoms with Gasteiger partial charge in [0.05, 0.1) is 5.52 Å². The van der Waals surface area contributed by atoms with Crippen molar-refractivity contribution >= 4 is 39.8 Å². The number of hydrogen-bond donors (Lipinski definition) is 0. The van der Waals surface area contributed by atoms with Crippen LogP contribution in [0.3, 0.4) is 0 Å². The van der Waals surface area contributed by atoms with Gasteiger partial charge in [-0.3, -0.25) is 0 Å². The Balaban J connectivity index is 2.06. The van der Waals surface area contributed by atoms with Gasteiger partial charge in [0, 0.05) is 23.7 Å². The number of carbonyl (C=O) groups excluding carboxylic acids is 1. The maximum atomic E-state index is 10.5. The van der Waals surface area contributed by atoms with E-state index in [4.69, 9.17) is 0 Å². The molecule has 0 amide bonds. The summed E-state index contributed by atoms with van der Waals surface area (Å²) < 4.78 is 2.02. The average Bonchev–Trinajstić information content (AvgIpc) is 2.82. The normalized spacial score (nSPS) is 11.1. The molecule has 0 fully saturated rings. The second-order valence-corrected chi connectivity index (χ2v) is 5.72. The number of fused-ring (bicyclic) bond motifs is 3. The fourth-order valence-electron chi connectivity index (χ4n) is 2.29. The molecule has 2 heterocycles. The van der Waals surface area contributed by atoms with Crippen molar-refractivity contribution in [3.63, 3.8) is 0 Å². The lowest BCUT2D eigenvalue weighted by Crippen LogP contribution is -2.22. The minimum Gasteiger partial charge on any atom is -0.550 e. The number of aliphatic carboxylic acids is 1.